The minimum Gasteiger partial charge on any atom is -0.512 e. The van der Waals surface area contributed by atoms with Gasteiger partial charge in [0.2, 0.25) is 0 Å². The Balaban J connectivity index is -0.000000180. The van der Waals surface area contributed by atoms with Crippen molar-refractivity contribution in [3.8, 4) is 0 Å². The zero-order valence-electron chi connectivity index (χ0n) is 9.17. The van der Waals surface area contributed by atoms with Gasteiger partial charge in [0.1, 0.15) is 0 Å². The van der Waals surface area contributed by atoms with Crippen LogP contribution in [0.3, 0.4) is 0 Å². The first-order chi connectivity index (χ1) is 6.25. The zero-order valence-corrected chi connectivity index (χ0v) is 10.1. The number of carbonyl (C=O) groups is 2. The minimum absolute atomic E-state index is 0. The standard InChI is InChI=1S/2C5H8O2.Cu/c2*1-4(6)3-5(2)7;/h2*3,6H,1-2H3;/b2*4-3-;. The average Bonchev–Trinajstić information content (AvgIpc) is 1.79. The summed E-state index contributed by atoms with van der Waals surface area (Å²) in [7, 11) is 0. The SMILES string of the molecule is CC(=O)/C=C(/C)O.CC(=O)/C=C(/C)O.[Cu]. The van der Waals surface area contributed by atoms with Crippen molar-refractivity contribution in [2.24, 2.45) is 0 Å². The molecule has 0 amide bonds. The fraction of sp³-hybridized carbons (Fsp3) is 0.400. The number of hydrogen-bond donors (Lipinski definition) is 2. The van der Waals surface area contributed by atoms with Gasteiger partial charge in [-0.3, -0.25) is 9.59 Å². The van der Waals surface area contributed by atoms with Crippen molar-refractivity contribution < 1.29 is 36.9 Å². The summed E-state index contributed by atoms with van der Waals surface area (Å²) < 4.78 is 0. The number of hydrogen-bond acceptors (Lipinski definition) is 4. The van der Waals surface area contributed by atoms with Gasteiger partial charge in [-0.05, 0) is 27.7 Å². The molecule has 0 bridgehead atoms. The second kappa shape index (κ2) is 11.0. The third-order valence-corrected chi connectivity index (χ3v) is 0.824. The van der Waals surface area contributed by atoms with Crippen LogP contribution in [-0.2, 0) is 26.7 Å². The first-order valence-electron chi connectivity index (χ1n) is 4.01. The van der Waals surface area contributed by atoms with Gasteiger partial charge in [0, 0.05) is 29.2 Å². The Bertz CT molecular complexity index is 231. The van der Waals surface area contributed by atoms with Crippen LogP contribution in [0.1, 0.15) is 27.7 Å². The van der Waals surface area contributed by atoms with Gasteiger partial charge in [0.15, 0.2) is 11.6 Å². The zero-order chi connectivity index (χ0) is 11.7. The molecule has 0 aromatic heterocycles. The maximum atomic E-state index is 10.0. The summed E-state index contributed by atoms with van der Waals surface area (Å²) in [5.41, 5.74) is 0. The molecule has 0 aliphatic heterocycles. The van der Waals surface area contributed by atoms with E-state index in [2.05, 4.69) is 0 Å². The number of ketones is 2. The molecule has 1 radical (unpaired) electrons. The Hall–Kier alpha value is -1.06. The van der Waals surface area contributed by atoms with E-state index in [1.54, 1.807) is 0 Å². The van der Waals surface area contributed by atoms with Crippen molar-refractivity contribution in [1.82, 2.24) is 0 Å². The summed E-state index contributed by atoms with van der Waals surface area (Å²) in [6.07, 6.45) is 2.33. The van der Waals surface area contributed by atoms with E-state index in [-0.39, 0.29) is 40.2 Å². The molecule has 0 atom stereocenters. The molecule has 0 fully saturated rings. The summed E-state index contributed by atoms with van der Waals surface area (Å²) >= 11 is 0. The van der Waals surface area contributed by atoms with Crippen molar-refractivity contribution in [3.05, 3.63) is 23.7 Å². The Morgan fingerprint density at radius 1 is 0.800 bits per heavy atom. The fourth-order valence-corrected chi connectivity index (χ4v) is 0.588. The van der Waals surface area contributed by atoms with Crippen molar-refractivity contribution in [2.75, 3.05) is 0 Å². The summed E-state index contributed by atoms with van der Waals surface area (Å²) in [5, 5.41) is 16.7. The molecule has 15 heavy (non-hydrogen) atoms. The van der Waals surface area contributed by atoms with E-state index in [0.29, 0.717) is 0 Å². The minimum atomic E-state index is -0.125. The quantitative estimate of drug-likeness (QED) is 0.454. The summed E-state index contributed by atoms with van der Waals surface area (Å²) in [4.78, 5) is 20.0. The summed E-state index contributed by atoms with van der Waals surface area (Å²) in [6.45, 7) is 5.70. The van der Waals surface area contributed by atoms with E-state index in [0.717, 1.165) is 0 Å². The van der Waals surface area contributed by atoms with Gasteiger partial charge in [0.25, 0.3) is 0 Å². The van der Waals surface area contributed by atoms with E-state index >= 15 is 0 Å². The molecule has 0 saturated carbocycles. The van der Waals surface area contributed by atoms with Gasteiger partial charge in [-0.2, -0.15) is 0 Å². The van der Waals surface area contributed by atoms with Crippen LogP contribution in [0.5, 0.6) is 0 Å². The molecule has 0 aromatic carbocycles. The first-order valence-corrected chi connectivity index (χ1v) is 4.01. The molecule has 0 aromatic rings. The van der Waals surface area contributed by atoms with Crippen molar-refractivity contribution in [1.29, 1.82) is 0 Å². The van der Waals surface area contributed by atoms with E-state index < -0.39 is 0 Å². The normalized spacial score (nSPS) is 10.7. The summed E-state index contributed by atoms with van der Waals surface area (Å²) in [6, 6.07) is 0. The van der Waals surface area contributed by atoms with Crippen molar-refractivity contribution in [3.63, 3.8) is 0 Å². The Morgan fingerprint density at radius 2 is 1.00 bits per heavy atom. The predicted octanol–water partition coefficient (Wildman–Crippen LogP) is 2.07. The molecular formula is C10H16CuO4. The maximum absolute atomic E-state index is 10.0. The smallest absolute Gasteiger partial charge is 0.155 e. The number of aliphatic hydroxyl groups is 2. The van der Waals surface area contributed by atoms with Crippen LogP contribution in [0, 0.1) is 0 Å². The van der Waals surface area contributed by atoms with Crippen LogP contribution < -0.4 is 0 Å². The summed E-state index contributed by atoms with van der Waals surface area (Å²) in [5.74, 6) is -0.125. The van der Waals surface area contributed by atoms with Gasteiger partial charge < -0.3 is 10.2 Å². The topological polar surface area (TPSA) is 74.6 Å². The largest absolute Gasteiger partial charge is 0.512 e. The van der Waals surface area contributed by atoms with E-state index in [1.807, 2.05) is 0 Å². The molecule has 0 spiro atoms. The van der Waals surface area contributed by atoms with Gasteiger partial charge in [-0.1, -0.05) is 0 Å². The van der Waals surface area contributed by atoms with E-state index in [4.69, 9.17) is 10.2 Å². The second-order valence-electron chi connectivity index (χ2n) is 2.79. The van der Waals surface area contributed by atoms with Gasteiger partial charge in [0.05, 0.1) is 11.5 Å². The van der Waals surface area contributed by atoms with Crippen LogP contribution in [0.15, 0.2) is 23.7 Å². The predicted molar refractivity (Wildman–Crippen MR) is 54.1 cm³/mol. The van der Waals surface area contributed by atoms with Gasteiger partial charge in [-0.25, -0.2) is 0 Å². The van der Waals surface area contributed by atoms with Crippen molar-refractivity contribution in [2.45, 2.75) is 27.7 Å². The van der Waals surface area contributed by atoms with Crippen LogP contribution in [0.25, 0.3) is 0 Å². The molecule has 0 rings (SSSR count). The molecule has 0 saturated heterocycles. The molecule has 0 heterocycles. The molecule has 5 heteroatoms. The monoisotopic (exact) mass is 263 g/mol. The maximum Gasteiger partial charge on any atom is 0.155 e. The molecule has 4 nitrogen and oxygen atoms in total. The average molecular weight is 264 g/mol. The Labute approximate surface area is 100 Å². The van der Waals surface area contributed by atoms with Gasteiger partial charge >= 0.3 is 0 Å². The fourth-order valence-electron chi connectivity index (χ4n) is 0.588. The molecule has 91 valence electrons. The first kappa shape index (κ1) is 19.5. The number of allylic oxidation sites excluding steroid dienone is 4. The third kappa shape index (κ3) is 32.2. The third-order valence-electron chi connectivity index (χ3n) is 0.824. The molecule has 0 aliphatic carbocycles. The van der Waals surface area contributed by atoms with Crippen LogP contribution >= 0.6 is 0 Å². The number of aliphatic hydroxyl groups excluding tert-OH is 2. The number of carbonyl (C=O) groups excluding carboxylic acids is 2. The van der Waals surface area contributed by atoms with Crippen LogP contribution in [0.4, 0.5) is 0 Å². The Morgan fingerprint density at radius 3 is 1.00 bits per heavy atom. The number of rotatable bonds is 2. The second-order valence-corrected chi connectivity index (χ2v) is 2.79. The molecule has 0 aliphatic rings. The van der Waals surface area contributed by atoms with E-state index in [1.165, 1.54) is 39.8 Å². The van der Waals surface area contributed by atoms with Crippen LogP contribution in [0.2, 0.25) is 0 Å². The molecule has 0 unspecified atom stereocenters. The molecular weight excluding hydrogens is 248 g/mol. The molecule has 2 N–H and O–H groups in total. The Kier molecular flexibility index (Phi) is 14.3. The van der Waals surface area contributed by atoms with Crippen LogP contribution in [-0.4, -0.2) is 21.8 Å². The van der Waals surface area contributed by atoms with Gasteiger partial charge in [-0.15, -0.1) is 0 Å². The van der Waals surface area contributed by atoms with E-state index in [9.17, 15) is 9.59 Å². The van der Waals surface area contributed by atoms with Crippen molar-refractivity contribution >= 4 is 11.6 Å².